The average Bonchev–Trinajstić information content (AvgIpc) is 2.92. The summed E-state index contributed by atoms with van der Waals surface area (Å²) >= 11 is 0. The highest BCUT2D eigenvalue weighted by Gasteiger charge is 2.30. The second-order valence-corrected chi connectivity index (χ2v) is 11.3. The van der Waals surface area contributed by atoms with Gasteiger partial charge in [0.25, 0.3) is 0 Å². The smallest absolute Gasteiger partial charge is 0.243 e. The van der Waals surface area contributed by atoms with Crippen LogP contribution in [0.4, 0.5) is 4.39 Å². The zero-order valence-electron chi connectivity index (χ0n) is 22.7. The zero-order valence-corrected chi connectivity index (χ0v) is 23.5. The number of benzene rings is 1. The van der Waals surface area contributed by atoms with E-state index in [0.29, 0.717) is 70.2 Å². The van der Waals surface area contributed by atoms with Gasteiger partial charge in [0.05, 0.1) is 18.1 Å². The van der Waals surface area contributed by atoms with E-state index in [2.05, 4.69) is 26.7 Å². The molecule has 0 atom stereocenters. The number of piperazine rings is 1. The molecular formula is C28H40FN5O3S. The Labute approximate surface area is 226 Å². The molecule has 10 heteroatoms. The molecule has 2 aromatic rings. The molecule has 0 saturated carbocycles. The topological polar surface area (TPSA) is 78.0 Å². The van der Waals surface area contributed by atoms with Crippen molar-refractivity contribution in [3.63, 3.8) is 0 Å². The van der Waals surface area contributed by atoms with Gasteiger partial charge in [0, 0.05) is 69.7 Å². The van der Waals surface area contributed by atoms with Crippen LogP contribution in [0.5, 0.6) is 0 Å². The average molecular weight is 546 g/mol. The van der Waals surface area contributed by atoms with Gasteiger partial charge in [-0.2, -0.15) is 8.70 Å². The number of nitrogens with one attached hydrogen (secondary N) is 1. The molecule has 8 nitrogen and oxygen atoms in total. The van der Waals surface area contributed by atoms with Gasteiger partial charge in [0.15, 0.2) is 0 Å². The standard InChI is InChI=1S/C28H40FN5O3S/c1-5-24(21-33(18-20-37-19-13-30-3)22-25-9-8-12-31-28(25)29)27-11-7-6-10-26(27)23(2)38(35,36)34-16-14-32(4)15-17-34/h5-12,30H,2,13-22H2,1,3-4H3/b24-5-. The molecule has 0 radical (unpaired) electrons. The molecule has 0 spiro atoms. The molecule has 2 heterocycles. The molecule has 0 unspecified atom stereocenters. The summed E-state index contributed by atoms with van der Waals surface area (Å²) in [5.74, 6) is -0.498. The molecule has 1 saturated heterocycles. The minimum atomic E-state index is -3.72. The van der Waals surface area contributed by atoms with Crippen molar-refractivity contribution in [2.75, 3.05) is 73.1 Å². The van der Waals surface area contributed by atoms with Gasteiger partial charge in [-0.3, -0.25) is 4.90 Å². The fraction of sp³-hybridized carbons (Fsp3) is 0.464. The number of rotatable bonds is 14. The van der Waals surface area contributed by atoms with E-state index in [1.807, 2.05) is 45.3 Å². The molecule has 1 aliphatic heterocycles. The van der Waals surface area contributed by atoms with Gasteiger partial charge in [-0.15, -0.1) is 0 Å². The minimum Gasteiger partial charge on any atom is -0.379 e. The highest BCUT2D eigenvalue weighted by Crippen LogP contribution is 2.31. The van der Waals surface area contributed by atoms with Gasteiger partial charge in [0.1, 0.15) is 0 Å². The van der Waals surface area contributed by atoms with Crippen LogP contribution in [0.25, 0.3) is 10.5 Å². The number of pyridine rings is 1. The Morgan fingerprint density at radius 2 is 1.87 bits per heavy atom. The van der Waals surface area contributed by atoms with Crippen LogP contribution in [-0.4, -0.2) is 101 Å². The number of hydrogen-bond acceptors (Lipinski definition) is 7. The minimum absolute atomic E-state index is 0.0947. The normalized spacial score (nSPS) is 15.8. The Balaban J connectivity index is 1.84. The van der Waals surface area contributed by atoms with E-state index in [-0.39, 0.29) is 4.91 Å². The molecule has 208 valence electrons. The van der Waals surface area contributed by atoms with E-state index >= 15 is 0 Å². The quantitative estimate of drug-likeness (QED) is 0.289. The summed E-state index contributed by atoms with van der Waals surface area (Å²) in [6.45, 7) is 11.4. The molecule has 3 rings (SSSR count). The summed E-state index contributed by atoms with van der Waals surface area (Å²) < 4.78 is 48.6. The highest BCUT2D eigenvalue weighted by molar-refractivity contribution is 7.98. The SMILES string of the molecule is C=C(c1ccccc1/C(=C\C)CN(CCOCCNC)Cc1cccnc1F)S(=O)(=O)N1CCN(C)CC1. The van der Waals surface area contributed by atoms with Gasteiger partial charge >= 0.3 is 0 Å². The number of ether oxygens (including phenoxy) is 1. The Hall–Kier alpha value is -2.47. The van der Waals surface area contributed by atoms with Crippen LogP contribution in [0.1, 0.15) is 23.6 Å². The van der Waals surface area contributed by atoms with Crippen LogP contribution in [0.3, 0.4) is 0 Å². The zero-order chi connectivity index (χ0) is 27.5. The Bertz CT molecular complexity index is 1200. The van der Waals surface area contributed by atoms with E-state index in [4.69, 9.17) is 4.74 Å². The van der Waals surface area contributed by atoms with Crippen LogP contribution in [0, 0.1) is 5.95 Å². The third-order valence-corrected chi connectivity index (χ3v) is 8.60. The fourth-order valence-corrected chi connectivity index (χ4v) is 5.78. The number of aromatic nitrogens is 1. The number of allylic oxidation sites excluding steroid dienone is 1. The van der Waals surface area contributed by atoms with E-state index in [9.17, 15) is 12.8 Å². The molecule has 0 amide bonds. The van der Waals surface area contributed by atoms with Gasteiger partial charge in [-0.1, -0.05) is 43.0 Å². The molecule has 0 bridgehead atoms. The molecule has 1 aliphatic rings. The fourth-order valence-electron chi connectivity index (χ4n) is 4.36. The van der Waals surface area contributed by atoms with Gasteiger partial charge < -0.3 is 15.0 Å². The van der Waals surface area contributed by atoms with E-state index < -0.39 is 16.0 Å². The number of halogens is 1. The summed E-state index contributed by atoms with van der Waals surface area (Å²) in [7, 11) is 0.136. The maximum atomic E-state index is 14.4. The Morgan fingerprint density at radius 1 is 1.16 bits per heavy atom. The second-order valence-electron chi connectivity index (χ2n) is 9.37. The monoisotopic (exact) mass is 545 g/mol. The molecule has 1 N–H and O–H groups in total. The van der Waals surface area contributed by atoms with Crippen molar-refractivity contribution in [1.29, 1.82) is 0 Å². The summed E-state index contributed by atoms with van der Waals surface area (Å²) in [5, 5.41) is 3.05. The highest BCUT2D eigenvalue weighted by atomic mass is 32.2. The molecule has 38 heavy (non-hydrogen) atoms. The Morgan fingerprint density at radius 3 is 2.53 bits per heavy atom. The first kappa shape index (κ1) is 30.1. The van der Waals surface area contributed by atoms with Crippen molar-refractivity contribution in [3.05, 3.63) is 77.9 Å². The Kier molecular flexibility index (Phi) is 11.6. The predicted octanol–water partition coefficient (Wildman–Crippen LogP) is 2.91. The number of nitrogens with zero attached hydrogens (tertiary/aromatic N) is 4. The molecular weight excluding hydrogens is 505 g/mol. The summed E-state index contributed by atoms with van der Waals surface area (Å²) in [4.78, 5) is 8.09. The van der Waals surface area contributed by atoms with Crippen LogP contribution in [-0.2, 0) is 21.3 Å². The van der Waals surface area contributed by atoms with Crippen molar-refractivity contribution in [3.8, 4) is 0 Å². The van der Waals surface area contributed by atoms with E-state index in [1.165, 1.54) is 10.5 Å². The lowest BCUT2D eigenvalue weighted by molar-refractivity contribution is 0.108. The first-order chi connectivity index (χ1) is 18.3. The summed E-state index contributed by atoms with van der Waals surface area (Å²) in [5.41, 5.74) is 2.80. The lowest BCUT2D eigenvalue weighted by atomic mass is 9.98. The van der Waals surface area contributed by atoms with Crippen LogP contribution in [0.15, 0.2) is 55.3 Å². The summed E-state index contributed by atoms with van der Waals surface area (Å²) in [6, 6.07) is 10.9. The van der Waals surface area contributed by atoms with Crippen LogP contribution < -0.4 is 5.32 Å². The van der Waals surface area contributed by atoms with Gasteiger partial charge in [-0.05, 0) is 38.2 Å². The third kappa shape index (κ3) is 8.02. The lowest BCUT2D eigenvalue weighted by Gasteiger charge is -2.32. The first-order valence-electron chi connectivity index (χ1n) is 12.9. The van der Waals surface area contributed by atoms with Crippen molar-refractivity contribution in [2.24, 2.45) is 0 Å². The molecule has 1 fully saturated rings. The van der Waals surface area contributed by atoms with Gasteiger partial charge in [0.2, 0.25) is 16.0 Å². The van der Waals surface area contributed by atoms with Crippen LogP contribution in [0.2, 0.25) is 0 Å². The number of sulfonamides is 1. The van der Waals surface area contributed by atoms with Crippen LogP contribution >= 0.6 is 0 Å². The van der Waals surface area contributed by atoms with Crippen molar-refractivity contribution in [1.82, 2.24) is 24.4 Å². The van der Waals surface area contributed by atoms with Crippen molar-refractivity contribution in [2.45, 2.75) is 13.5 Å². The maximum Gasteiger partial charge on any atom is 0.243 e. The predicted molar refractivity (Wildman–Crippen MR) is 151 cm³/mol. The number of hydrogen-bond donors (Lipinski definition) is 1. The van der Waals surface area contributed by atoms with Crippen molar-refractivity contribution >= 4 is 20.5 Å². The molecule has 1 aromatic carbocycles. The lowest BCUT2D eigenvalue weighted by Crippen LogP contribution is -2.47. The summed E-state index contributed by atoms with van der Waals surface area (Å²) in [6.07, 6.45) is 3.41. The number of likely N-dealkylation sites (N-methyl/N-ethyl adjacent to an activating group) is 2. The van der Waals surface area contributed by atoms with Gasteiger partial charge in [-0.25, -0.2) is 13.4 Å². The molecule has 1 aromatic heterocycles. The largest absolute Gasteiger partial charge is 0.379 e. The first-order valence-corrected chi connectivity index (χ1v) is 14.4. The second kappa shape index (κ2) is 14.6. The third-order valence-electron chi connectivity index (χ3n) is 6.71. The van der Waals surface area contributed by atoms with E-state index in [0.717, 1.165) is 17.7 Å². The van der Waals surface area contributed by atoms with Crippen molar-refractivity contribution < 1.29 is 17.5 Å². The molecule has 0 aliphatic carbocycles. The maximum absolute atomic E-state index is 14.4. The van der Waals surface area contributed by atoms with E-state index in [1.54, 1.807) is 18.2 Å².